The summed E-state index contributed by atoms with van der Waals surface area (Å²) < 4.78 is 25.3. The number of anilines is 2. The Kier molecular flexibility index (Phi) is 6.91. The second-order valence-electron chi connectivity index (χ2n) is 7.71. The quantitative estimate of drug-likeness (QED) is 0.613. The molecule has 32 heavy (non-hydrogen) atoms. The van der Waals surface area contributed by atoms with Crippen molar-refractivity contribution >= 4 is 36.3 Å². The number of morpholine rings is 1. The van der Waals surface area contributed by atoms with Crippen LogP contribution in [0.15, 0.2) is 42.5 Å². The Hall–Kier alpha value is -3.11. The number of benzene rings is 2. The first kappa shape index (κ1) is 22.1. The molecule has 1 unspecified atom stereocenters. The van der Waals surface area contributed by atoms with Crippen LogP contribution in [0, 0.1) is 5.82 Å². The molecule has 1 atom stereocenters. The van der Waals surface area contributed by atoms with Crippen LogP contribution < -0.4 is 20.6 Å². The zero-order valence-electron chi connectivity index (χ0n) is 17.5. The predicted octanol–water partition coefficient (Wildman–Crippen LogP) is 0.583. The van der Waals surface area contributed by atoms with Gasteiger partial charge in [-0.1, -0.05) is 29.7 Å². The van der Waals surface area contributed by atoms with Crippen LogP contribution >= 0.6 is 0 Å². The molecule has 2 aliphatic rings. The number of nitrogens with one attached hydrogen (secondary N) is 1. The van der Waals surface area contributed by atoms with Crippen molar-refractivity contribution in [1.82, 2.24) is 5.32 Å². The van der Waals surface area contributed by atoms with Crippen molar-refractivity contribution < 1.29 is 28.5 Å². The lowest BCUT2D eigenvalue weighted by atomic mass is 9.87. The van der Waals surface area contributed by atoms with Gasteiger partial charge in [-0.05, 0) is 23.8 Å². The first-order valence-corrected chi connectivity index (χ1v) is 10.5. The number of carbonyl (C=O) groups is 2. The van der Waals surface area contributed by atoms with Crippen LogP contribution in [0.1, 0.15) is 5.56 Å². The summed E-state index contributed by atoms with van der Waals surface area (Å²) in [5, 5.41) is 11.8. The van der Waals surface area contributed by atoms with Gasteiger partial charge in [0.15, 0.2) is 0 Å². The fourth-order valence-electron chi connectivity index (χ4n) is 3.82. The van der Waals surface area contributed by atoms with Crippen LogP contribution in [-0.2, 0) is 20.7 Å². The molecule has 2 aromatic rings. The monoisotopic (exact) mass is 440 g/mol. The van der Waals surface area contributed by atoms with Gasteiger partial charge in [-0.25, -0.2) is 9.18 Å². The number of nitrogens with zero attached hydrogens (tertiary/aromatic N) is 2. The van der Waals surface area contributed by atoms with Gasteiger partial charge < -0.3 is 24.7 Å². The Morgan fingerprint density at radius 3 is 2.78 bits per heavy atom. The molecule has 2 aliphatic heterocycles. The van der Waals surface area contributed by atoms with Gasteiger partial charge in [0.1, 0.15) is 11.9 Å². The molecule has 2 aromatic carbocycles. The summed E-state index contributed by atoms with van der Waals surface area (Å²) in [7, 11) is 0.976. The van der Waals surface area contributed by atoms with E-state index in [0.717, 1.165) is 13.0 Å². The zero-order valence-corrected chi connectivity index (χ0v) is 17.5. The summed E-state index contributed by atoms with van der Waals surface area (Å²) >= 11 is 0. The van der Waals surface area contributed by atoms with Gasteiger partial charge in [0, 0.05) is 13.1 Å². The van der Waals surface area contributed by atoms with Crippen LogP contribution in [0.3, 0.4) is 0 Å². The van der Waals surface area contributed by atoms with E-state index in [1.54, 1.807) is 36.4 Å². The third kappa shape index (κ3) is 5.20. The normalized spacial score (nSPS) is 18.4. The molecule has 2 heterocycles. The molecular formula is C22H24BFN3O5. The fraction of sp³-hybridized carbons (Fsp3) is 0.364. The van der Waals surface area contributed by atoms with E-state index in [9.17, 15) is 14.0 Å². The molecule has 167 valence electrons. The maximum Gasteiger partial charge on any atom is 0.414 e. The molecule has 0 aliphatic carbocycles. The molecule has 1 radical (unpaired) electrons. The Labute approximate surface area is 186 Å². The third-order valence-corrected chi connectivity index (χ3v) is 5.46. The summed E-state index contributed by atoms with van der Waals surface area (Å²) in [6.07, 6.45) is -0.972. The molecular weight excluding hydrogens is 416 g/mol. The number of hydrogen-bond donors (Lipinski definition) is 2. The van der Waals surface area contributed by atoms with Crippen LogP contribution in [0.2, 0.25) is 0 Å². The van der Waals surface area contributed by atoms with Gasteiger partial charge in [-0.3, -0.25) is 9.69 Å². The molecule has 0 aromatic heterocycles. The van der Waals surface area contributed by atoms with Crippen molar-refractivity contribution in [3.8, 4) is 0 Å². The molecule has 0 spiro atoms. The lowest BCUT2D eigenvalue weighted by molar-refractivity contribution is -0.120. The maximum absolute atomic E-state index is 14.7. The van der Waals surface area contributed by atoms with E-state index in [1.807, 2.05) is 4.90 Å². The molecule has 4 rings (SSSR count). The summed E-state index contributed by atoms with van der Waals surface area (Å²) in [5.41, 5.74) is 2.26. The van der Waals surface area contributed by atoms with Gasteiger partial charge in [0.05, 0.1) is 44.1 Å². The van der Waals surface area contributed by atoms with Gasteiger partial charge >= 0.3 is 13.6 Å². The van der Waals surface area contributed by atoms with E-state index < -0.39 is 18.0 Å². The van der Waals surface area contributed by atoms with Gasteiger partial charge in [0.25, 0.3) is 0 Å². The zero-order chi connectivity index (χ0) is 22.5. The lowest BCUT2D eigenvalue weighted by Gasteiger charge is -2.29. The van der Waals surface area contributed by atoms with Crippen molar-refractivity contribution in [1.29, 1.82) is 0 Å². The van der Waals surface area contributed by atoms with Gasteiger partial charge in [-0.15, -0.1) is 0 Å². The molecule has 2 saturated heterocycles. The molecule has 2 N–H and O–H groups in total. The Balaban J connectivity index is 1.31. The summed E-state index contributed by atoms with van der Waals surface area (Å²) in [6.45, 7) is 2.71. The summed E-state index contributed by atoms with van der Waals surface area (Å²) in [4.78, 5) is 27.8. The highest BCUT2D eigenvalue weighted by Crippen LogP contribution is 2.28. The number of ether oxygens (including phenoxy) is 2. The van der Waals surface area contributed by atoms with Crippen molar-refractivity contribution in [2.45, 2.75) is 12.5 Å². The number of rotatable bonds is 7. The van der Waals surface area contributed by atoms with Crippen LogP contribution in [-0.4, -0.2) is 70.0 Å². The number of cyclic esters (lactones) is 1. The second-order valence-corrected chi connectivity index (χ2v) is 7.71. The molecule has 8 nitrogen and oxygen atoms in total. The maximum atomic E-state index is 14.7. The predicted molar refractivity (Wildman–Crippen MR) is 118 cm³/mol. The highest BCUT2D eigenvalue weighted by molar-refractivity contribution is 6.45. The lowest BCUT2D eigenvalue weighted by Crippen LogP contribution is -2.37. The van der Waals surface area contributed by atoms with Crippen LogP contribution in [0.25, 0.3) is 0 Å². The van der Waals surface area contributed by atoms with Gasteiger partial charge in [0.2, 0.25) is 5.91 Å². The van der Waals surface area contributed by atoms with E-state index in [1.165, 1.54) is 11.0 Å². The largest absolute Gasteiger partial charge is 0.450 e. The SMILES string of the molecule is O=C(Cc1cccc([B]O)c1)NCC1CN(c2ccc(N3CCOCC3)c(F)c2)C(=O)O1. The molecule has 0 saturated carbocycles. The third-order valence-electron chi connectivity index (χ3n) is 5.46. The first-order chi connectivity index (χ1) is 15.5. The average Bonchev–Trinajstić information content (AvgIpc) is 3.19. The molecule has 2 fully saturated rings. The standard InChI is InChI=1S/C22H24BFN3O5/c24-19-12-17(4-5-20(19)26-6-8-31-9-7-26)27-14-18(32-22(27)29)13-25-21(28)11-15-2-1-3-16(10-15)23-30/h1-5,10,12,18,30H,6-9,11,13-14H2,(H,25,28). The molecule has 2 amide bonds. The minimum atomic E-state index is -0.575. The van der Waals surface area contributed by atoms with Crippen LogP contribution in [0.4, 0.5) is 20.6 Å². The number of hydrogen-bond acceptors (Lipinski definition) is 6. The highest BCUT2D eigenvalue weighted by Gasteiger charge is 2.33. The van der Waals surface area contributed by atoms with Gasteiger partial charge in [-0.2, -0.15) is 0 Å². The van der Waals surface area contributed by atoms with E-state index in [4.69, 9.17) is 14.5 Å². The van der Waals surface area contributed by atoms with Crippen molar-refractivity contribution in [3.05, 3.63) is 53.8 Å². The smallest absolute Gasteiger partial charge is 0.414 e. The second kappa shape index (κ2) is 10.0. The van der Waals surface area contributed by atoms with E-state index in [0.29, 0.717) is 43.1 Å². The Bertz CT molecular complexity index is 986. The van der Waals surface area contributed by atoms with Crippen molar-refractivity contribution in [2.24, 2.45) is 0 Å². The summed E-state index contributed by atoms with van der Waals surface area (Å²) in [6, 6.07) is 11.7. The number of halogens is 1. The van der Waals surface area contributed by atoms with E-state index >= 15 is 0 Å². The van der Waals surface area contributed by atoms with E-state index in [-0.39, 0.29) is 25.4 Å². The summed E-state index contributed by atoms with van der Waals surface area (Å²) in [5.74, 6) is -0.633. The number of carbonyl (C=O) groups excluding carboxylic acids is 2. The fourth-order valence-corrected chi connectivity index (χ4v) is 3.82. The average molecular weight is 440 g/mol. The van der Waals surface area contributed by atoms with Crippen molar-refractivity contribution in [2.75, 3.05) is 49.2 Å². The minimum Gasteiger partial charge on any atom is -0.450 e. The minimum absolute atomic E-state index is 0.139. The Morgan fingerprint density at radius 1 is 1.22 bits per heavy atom. The first-order valence-electron chi connectivity index (χ1n) is 10.5. The van der Waals surface area contributed by atoms with Crippen LogP contribution in [0.5, 0.6) is 0 Å². The molecule has 10 heteroatoms. The Morgan fingerprint density at radius 2 is 2.03 bits per heavy atom. The number of amides is 2. The van der Waals surface area contributed by atoms with Crippen molar-refractivity contribution in [3.63, 3.8) is 0 Å². The van der Waals surface area contributed by atoms with E-state index in [2.05, 4.69) is 5.32 Å². The molecule has 0 bridgehead atoms. The highest BCUT2D eigenvalue weighted by atomic mass is 19.1. The topological polar surface area (TPSA) is 91.3 Å².